The molecule has 1 atom stereocenters. The summed E-state index contributed by atoms with van der Waals surface area (Å²) in [7, 11) is 0. The van der Waals surface area contributed by atoms with Gasteiger partial charge < -0.3 is 20.2 Å². The number of rotatable bonds is 2. The lowest BCUT2D eigenvalue weighted by atomic mass is 10.0. The zero-order valence-corrected chi connectivity index (χ0v) is 10.2. The zero-order valence-electron chi connectivity index (χ0n) is 10.2. The van der Waals surface area contributed by atoms with Crippen molar-refractivity contribution in [2.75, 3.05) is 6.54 Å². The van der Waals surface area contributed by atoms with Crippen LogP contribution in [-0.4, -0.2) is 44.7 Å². The number of piperidine rings is 1. The summed E-state index contributed by atoms with van der Waals surface area (Å²) >= 11 is 0. The molecule has 6 nitrogen and oxygen atoms in total. The second-order valence-corrected chi connectivity index (χ2v) is 4.52. The Kier molecular flexibility index (Phi) is 3.59. The fourth-order valence-corrected chi connectivity index (χ4v) is 2.29. The van der Waals surface area contributed by atoms with E-state index in [4.69, 9.17) is 5.11 Å². The minimum atomic E-state index is -1.05. The average molecular weight is 265 g/mol. The number of hydrogen-bond acceptors (Lipinski definition) is 4. The largest absolute Gasteiger partial charge is 0.504 e. The van der Waals surface area contributed by atoms with Crippen LogP contribution in [0.5, 0.6) is 11.5 Å². The molecule has 102 valence electrons. The van der Waals surface area contributed by atoms with Gasteiger partial charge in [0, 0.05) is 6.54 Å². The predicted octanol–water partition coefficient (Wildman–Crippen LogP) is 1.18. The van der Waals surface area contributed by atoms with Crippen LogP contribution in [0.2, 0.25) is 0 Å². The first-order valence-corrected chi connectivity index (χ1v) is 6.07. The molecule has 0 aromatic heterocycles. The second-order valence-electron chi connectivity index (χ2n) is 4.52. The molecule has 0 unspecified atom stereocenters. The number of hydrogen-bond donors (Lipinski definition) is 3. The SMILES string of the molecule is O=C(O)[C@H]1CCCCN1C(=O)c1cccc(O)c1O. The summed E-state index contributed by atoms with van der Waals surface area (Å²) < 4.78 is 0. The normalized spacial score (nSPS) is 19.2. The van der Waals surface area contributed by atoms with E-state index in [0.29, 0.717) is 13.0 Å². The smallest absolute Gasteiger partial charge is 0.326 e. The molecule has 0 bridgehead atoms. The van der Waals surface area contributed by atoms with Crippen molar-refractivity contribution in [2.45, 2.75) is 25.3 Å². The van der Waals surface area contributed by atoms with E-state index in [1.165, 1.54) is 23.1 Å². The predicted molar refractivity (Wildman–Crippen MR) is 66.1 cm³/mol. The molecule has 0 spiro atoms. The van der Waals surface area contributed by atoms with Gasteiger partial charge >= 0.3 is 5.97 Å². The molecule has 1 amide bonds. The van der Waals surface area contributed by atoms with Crippen LogP contribution in [0.4, 0.5) is 0 Å². The van der Waals surface area contributed by atoms with Crippen LogP contribution in [0, 0.1) is 0 Å². The summed E-state index contributed by atoms with van der Waals surface area (Å²) in [5, 5.41) is 28.2. The first-order valence-electron chi connectivity index (χ1n) is 6.07. The third kappa shape index (κ3) is 2.47. The van der Waals surface area contributed by atoms with Gasteiger partial charge in [0.15, 0.2) is 11.5 Å². The van der Waals surface area contributed by atoms with Crippen molar-refractivity contribution in [3.05, 3.63) is 23.8 Å². The Bertz CT molecular complexity index is 514. The fraction of sp³-hybridized carbons (Fsp3) is 0.385. The molecule has 0 aliphatic carbocycles. The monoisotopic (exact) mass is 265 g/mol. The van der Waals surface area contributed by atoms with E-state index in [9.17, 15) is 19.8 Å². The van der Waals surface area contributed by atoms with E-state index >= 15 is 0 Å². The highest BCUT2D eigenvalue weighted by Crippen LogP contribution is 2.30. The highest BCUT2D eigenvalue weighted by atomic mass is 16.4. The average Bonchev–Trinajstić information content (AvgIpc) is 2.41. The lowest BCUT2D eigenvalue weighted by molar-refractivity contribution is -0.143. The molecule has 1 aromatic rings. The van der Waals surface area contributed by atoms with Gasteiger partial charge in [0.1, 0.15) is 6.04 Å². The number of phenolic OH excluding ortho intramolecular Hbond substituents is 2. The van der Waals surface area contributed by atoms with Crippen molar-refractivity contribution < 1.29 is 24.9 Å². The summed E-state index contributed by atoms with van der Waals surface area (Å²) in [6.07, 6.45) is 1.89. The molecule has 0 saturated carbocycles. The zero-order chi connectivity index (χ0) is 14.0. The van der Waals surface area contributed by atoms with E-state index in [1.807, 2.05) is 0 Å². The van der Waals surface area contributed by atoms with E-state index < -0.39 is 29.4 Å². The summed E-state index contributed by atoms with van der Waals surface area (Å²) in [4.78, 5) is 24.7. The lowest BCUT2D eigenvalue weighted by Crippen LogP contribution is -2.48. The first kappa shape index (κ1) is 13.2. The molecular formula is C13H15NO5. The number of phenols is 2. The van der Waals surface area contributed by atoms with E-state index in [-0.39, 0.29) is 5.56 Å². The van der Waals surface area contributed by atoms with Crippen molar-refractivity contribution >= 4 is 11.9 Å². The molecule has 1 saturated heterocycles. The van der Waals surface area contributed by atoms with Gasteiger partial charge in [0.05, 0.1) is 5.56 Å². The molecule has 2 rings (SSSR count). The highest BCUT2D eigenvalue weighted by molar-refractivity contribution is 5.99. The number of carbonyl (C=O) groups excluding carboxylic acids is 1. The number of amides is 1. The van der Waals surface area contributed by atoms with Crippen LogP contribution in [0.25, 0.3) is 0 Å². The minimum Gasteiger partial charge on any atom is -0.504 e. The van der Waals surface area contributed by atoms with Gasteiger partial charge in [-0.2, -0.15) is 0 Å². The first-order chi connectivity index (χ1) is 9.02. The molecule has 1 aliphatic heterocycles. The van der Waals surface area contributed by atoms with Crippen molar-refractivity contribution in [1.82, 2.24) is 4.90 Å². The Morgan fingerprint density at radius 1 is 1.21 bits per heavy atom. The fourth-order valence-electron chi connectivity index (χ4n) is 2.29. The lowest BCUT2D eigenvalue weighted by Gasteiger charge is -2.33. The van der Waals surface area contributed by atoms with Gasteiger partial charge in [-0.15, -0.1) is 0 Å². The topological polar surface area (TPSA) is 98.1 Å². The minimum absolute atomic E-state index is 0.0758. The highest BCUT2D eigenvalue weighted by Gasteiger charge is 2.33. The number of aromatic hydroxyl groups is 2. The molecule has 1 aromatic carbocycles. The quantitative estimate of drug-likeness (QED) is 0.697. The summed E-state index contributed by atoms with van der Waals surface area (Å²) in [6, 6.07) is 3.19. The number of nitrogens with zero attached hydrogens (tertiary/aromatic N) is 1. The van der Waals surface area contributed by atoms with Gasteiger partial charge in [0.25, 0.3) is 5.91 Å². The number of para-hydroxylation sites is 1. The van der Waals surface area contributed by atoms with Crippen LogP contribution in [0.1, 0.15) is 29.6 Å². The van der Waals surface area contributed by atoms with Crippen LogP contribution >= 0.6 is 0 Å². The van der Waals surface area contributed by atoms with E-state index in [2.05, 4.69) is 0 Å². The van der Waals surface area contributed by atoms with Crippen LogP contribution in [0.15, 0.2) is 18.2 Å². The van der Waals surface area contributed by atoms with Gasteiger partial charge in [-0.1, -0.05) is 6.07 Å². The number of carbonyl (C=O) groups is 2. The van der Waals surface area contributed by atoms with Crippen molar-refractivity contribution in [3.8, 4) is 11.5 Å². The maximum Gasteiger partial charge on any atom is 0.326 e. The molecule has 0 radical (unpaired) electrons. The molecule has 3 N–H and O–H groups in total. The number of carboxylic acid groups (broad SMARTS) is 1. The van der Waals surface area contributed by atoms with E-state index in [0.717, 1.165) is 12.8 Å². The number of aliphatic carboxylic acids is 1. The maximum absolute atomic E-state index is 12.3. The van der Waals surface area contributed by atoms with Gasteiger partial charge in [0.2, 0.25) is 0 Å². The summed E-state index contributed by atoms with van der Waals surface area (Å²) in [6.45, 7) is 0.338. The summed E-state index contributed by atoms with van der Waals surface area (Å²) in [5.74, 6) is -2.52. The molecule has 1 fully saturated rings. The van der Waals surface area contributed by atoms with Crippen LogP contribution < -0.4 is 0 Å². The Morgan fingerprint density at radius 3 is 2.63 bits per heavy atom. The van der Waals surface area contributed by atoms with Gasteiger partial charge in [-0.05, 0) is 31.4 Å². The van der Waals surface area contributed by atoms with Gasteiger partial charge in [-0.3, -0.25) is 4.79 Å². The Labute approximate surface area is 109 Å². The Morgan fingerprint density at radius 2 is 1.95 bits per heavy atom. The van der Waals surface area contributed by atoms with Crippen molar-refractivity contribution in [2.24, 2.45) is 0 Å². The van der Waals surface area contributed by atoms with E-state index in [1.54, 1.807) is 0 Å². The number of carboxylic acids is 1. The van der Waals surface area contributed by atoms with Gasteiger partial charge in [-0.25, -0.2) is 4.79 Å². The van der Waals surface area contributed by atoms with Crippen molar-refractivity contribution in [3.63, 3.8) is 0 Å². The van der Waals surface area contributed by atoms with Crippen LogP contribution in [-0.2, 0) is 4.79 Å². The molecule has 1 aliphatic rings. The Hall–Kier alpha value is -2.24. The molecule has 1 heterocycles. The number of benzene rings is 1. The van der Waals surface area contributed by atoms with Crippen LogP contribution in [0.3, 0.4) is 0 Å². The molecule has 19 heavy (non-hydrogen) atoms. The molecular weight excluding hydrogens is 250 g/mol. The number of likely N-dealkylation sites (tertiary alicyclic amines) is 1. The standard InChI is InChI=1S/C13H15NO5/c15-10-6-3-4-8(11(10)16)12(17)14-7-2-1-5-9(14)13(18)19/h3-4,6,9,15-16H,1-2,5,7H2,(H,18,19)/t9-/m1/s1. The third-order valence-electron chi connectivity index (χ3n) is 3.29. The second kappa shape index (κ2) is 5.17. The Balaban J connectivity index is 2.31. The summed E-state index contributed by atoms with van der Waals surface area (Å²) in [5.41, 5.74) is -0.0758. The third-order valence-corrected chi connectivity index (χ3v) is 3.29. The molecule has 6 heteroatoms. The van der Waals surface area contributed by atoms with Crippen molar-refractivity contribution in [1.29, 1.82) is 0 Å². The maximum atomic E-state index is 12.3.